The summed E-state index contributed by atoms with van der Waals surface area (Å²) in [7, 11) is 0. The Kier molecular flexibility index (Phi) is 4.23. The van der Waals surface area contributed by atoms with Gasteiger partial charge in [0.05, 0.1) is 4.92 Å². The molecular weight excluding hydrogens is 169 g/mol. The minimum absolute atomic E-state index is 0. The second-order valence-electron chi connectivity index (χ2n) is 2.21. The van der Waals surface area contributed by atoms with Gasteiger partial charge < -0.3 is 5.11 Å². The third-order valence-corrected chi connectivity index (χ3v) is 1.36. The van der Waals surface area contributed by atoms with E-state index in [-0.39, 0.29) is 41.0 Å². The topological polar surface area (TPSA) is 66.2 Å². The molecule has 1 aromatic rings. The Balaban J connectivity index is 0.00000121. The molecule has 1 rings (SSSR count). The van der Waals surface area contributed by atoms with Crippen molar-refractivity contribution in [1.82, 2.24) is 0 Å². The van der Waals surface area contributed by atoms with E-state index < -0.39 is 4.92 Å². The first-order chi connectivity index (χ1) is 5.11. The van der Waals surface area contributed by atoms with Gasteiger partial charge in [0, 0.05) is 11.6 Å². The number of aryl methyl sites for hydroxylation is 1. The van der Waals surface area contributed by atoms with Crippen molar-refractivity contribution >= 4 is 5.69 Å². The zero-order chi connectivity index (χ0) is 8.43. The summed E-state index contributed by atoms with van der Waals surface area (Å²) in [5.74, 6) is -0.201. The van der Waals surface area contributed by atoms with Gasteiger partial charge >= 0.3 is 29.6 Å². The van der Waals surface area contributed by atoms with Crippen LogP contribution in [0.2, 0.25) is 0 Å². The molecule has 0 amide bonds. The van der Waals surface area contributed by atoms with Gasteiger partial charge in [-0.3, -0.25) is 10.1 Å². The molecule has 0 bridgehead atoms. The van der Waals surface area contributed by atoms with Crippen LogP contribution in [-0.4, -0.2) is 4.92 Å². The van der Waals surface area contributed by atoms with E-state index in [4.69, 9.17) is 0 Å². The summed E-state index contributed by atoms with van der Waals surface area (Å²) in [6.07, 6.45) is 0. The molecule has 0 aromatic heterocycles. The summed E-state index contributed by atoms with van der Waals surface area (Å²) in [5.41, 5.74) is 0.395. The predicted molar refractivity (Wildman–Crippen MR) is 37.3 cm³/mol. The molecule has 0 aliphatic heterocycles. The van der Waals surface area contributed by atoms with Gasteiger partial charge in [0.2, 0.25) is 0 Å². The second kappa shape index (κ2) is 4.45. The molecule has 1 aromatic carbocycles. The van der Waals surface area contributed by atoms with Crippen molar-refractivity contribution in [3.05, 3.63) is 33.9 Å². The number of benzene rings is 1. The molecule has 0 radical (unpaired) electrons. The predicted octanol–water partition coefficient (Wildman–Crippen LogP) is -2.02. The van der Waals surface area contributed by atoms with Gasteiger partial charge in [0.1, 0.15) is 0 Å². The Hall–Kier alpha value is -0.580. The number of rotatable bonds is 1. The minimum atomic E-state index is -0.505. The van der Waals surface area contributed by atoms with Crippen LogP contribution in [0.15, 0.2) is 18.2 Å². The van der Waals surface area contributed by atoms with E-state index in [9.17, 15) is 15.2 Å². The minimum Gasteiger partial charge on any atom is -0.872 e. The smallest absolute Gasteiger partial charge is 0.872 e. The molecule has 0 saturated heterocycles. The van der Waals surface area contributed by atoms with Gasteiger partial charge in [-0.25, -0.2) is 0 Å². The largest absolute Gasteiger partial charge is 1.00 e. The molecule has 0 saturated carbocycles. The molecule has 0 atom stereocenters. The van der Waals surface area contributed by atoms with Crippen molar-refractivity contribution in [3.63, 3.8) is 0 Å². The van der Waals surface area contributed by atoms with E-state index in [2.05, 4.69) is 0 Å². The standard InChI is InChI=1S/C7H7NO3.Na/c1-5-4-6(9)2-3-7(5)8(10)11;/h2-4,9H,1H3;/q;+1/p-1. The van der Waals surface area contributed by atoms with Crippen LogP contribution in [-0.2, 0) is 0 Å². The third kappa shape index (κ3) is 2.48. The van der Waals surface area contributed by atoms with Crippen molar-refractivity contribution in [2.45, 2.75) is 6.92 Å². The molecule has 0 heterocycles. The fraction of sp³-hybridized carbons (Fsp3) is 0.143. The van der Waals surface area contributed by atoms with Crippen molar-refractivity contribution in [2.75, 3.05) is 0 Å². The van der Waals surface area contributed by atoms with Gasteiger partial charge in [0.25, 0.3) is 5.69 Å². The monoisotopic (exact) mass is 175 g/mol. The van der Waals surface area contributed by atoms with Crippen molar-refractivity contribution < 1.29 is 39.6 Å². The zero-order valence-corrected chi connectivity index (χ0v) is 8.90. The normalized spacial score (nSPS) is 8.75. The summed E-state index contributed by atoms with van der Waals surface area (Å²) in [4.78, 5) is 9.73. The van der Waals surface area contributed by atoms with Crippen LogP contribution in [0.5, 0.6) is 5.75 Å². The van der Waals surface area contributed by atoms with E-state index in [1.807, 2.05) is 0 Å². The number of hydrogen-bond acceptors (Lipinski definition) is 3. The van der Waals surface area contributed by atoms with Gasteiger partial charge in [0.15, 0.2) is 0 Å². The van der Waals surface area contributed by atoms with Crippen LogP contribution in [0, 0.1) is 17.0 Å². The van der Waals surface area contributed by atoms with Crippen LogP contribution < -0.4 is 34.7 Å². The first-order valence-corrected chi connectivity index (χ1v) is 3.03. The SMILES string of the molecule is Cc1cc([O-])ccc1[N+](=O)[O-].[Na+]. The Labute approximate surface area is 91.7 Å². The zero-order valence-electron chi connectivity index (χ0n) is 6.90. The molecule has 58 valence electrons. The van der Waals surface area contributed by atoms with E-state index in [0.717, 1.165) is 0 Å². The maximum absolute atomic E-state index is 10.6. The molecule has 0 aliphatic carbocycles. The van der Waals surface area contributed by atoms with Gasteiger partial charge in [-0.05, 0) is 6.92 Å². The third-order valence-electron chi connectivity index (χ3n) is 1.36. The van der Waals surface area contributed by atoms with E-state index in [1.165, 1.54) is 18.2 Å². The van der Waals surface area contributed by atoms with Crippen molar-refractivity contribution in [2.24, 2.45) is 0 Å². The fourth-order valence-electron chi connectivity index (χ4n) is 0.833. The molecule has 5 heteroatoms. The summed E-state index contributed by atoms with van der Waals surface area (Å²) in [6.45, 7) is 1.54. The summed E-state index contributed by atoms with van der Waals surface area (Å²) >= 11 is 0. The van der Waals surface area contributed by atoms with Crippen molar-refractivity contribution in [1.29, 1.82) is 0 Å². The molecular formula is C7H6NNaO3. The second-order valence-corrected chi connectivity index (χ2v) is 2.21. The molecule has 0 spiro atoms. The average Bonchev–Trinajstić information content (AvgIpc) is 1.85. The number of hydrogen-bond donors (Lipinski definition) is 0. The molecule has 4 nitrogen and oxygen atoms in total. The quantitative estimate of drug-likeness (QED) is 0.281. The number of nitro groups is 1. The number of nitrogens with zero attached hydrogens (tertiary/aromatic N) is 1. The molecule has 0 unspecified atom stereocenters. The van der Waals surface area contributed by atoms with Crippen LogP contribution in [0.25, 0.3) is 0 Å². The Morgan fingerprint density at radius 1 is 1.42 bits per heavy atom. The van der Waals surface area contributed by atoms with E-state index in [1.54, 1.807) is 6.92 Å². The van der Waals surface area contributed by atoms with E-state index >= 15 is 0 Å². The van der Waals surface area contributed by atoms with Crippen LogP contribution in [0.1, 0.15) is 5.56 Å². The number of nitro benzene ring substituents is 1. The van der Waals surface area contributed by atoms with Crippen molar-refractivity contribution in [3.8, 4) is 5.75 Å². The maximum Gasteiger partial charge on any atom is 1.00 e. The van der Waals surface area contributed by atoms with Gasteiger partial charge in [-0.2, -0.15) is 0 Å². The van der Waals surface area contributed by atoms with Crippen LogP contribution >= 0.6 is 0 Å². The van der Waals surface area contributed by atoms with Crippen LogP contribution in [0.3, 0.4) is 0 Å². The van der Waals surface area contributed by atoms with Gasteiger partial charge in [-0.1, -0.05) is 12.1 Å². The maximum atomic E-state index is 10.6. The summed E-state index contributed by atoms with van der Waals surface area (Å²) in [5, 5.41) is 20.9. The first-order valence-electron chi connectivity index (χ1n) is 3.03. The van der Waals surface area contributed by atoms with Crippen LogP contribution in [0.4, 0.5) is 5.69 Å². The Morgan fingerprint density at radius 3 is 2.42 bits per heavy atom. The fourth-order valence-corrected chi connectivity index (χ4v) is 0.833. The summed E-state index contributed by atoms with van der Waals surface area (Å²) < 4.78 is 0. The molecule has 12 heavy (non-hydrogen) atoms. The van der Waals surface area contributed by atoms with E-state index in [0.29, 0.717) is 5.56 Å². The molecule has 0 fully saturated rings. The molecule has 0 N–H and O–H groups in total. The Bertz CT molecular complexity index is 301. The average molecular weight is 175 g/mol. The first kappa shape index (κ1) is 11.4. The summed E-state index contributed by atoms with van der Waals surface area (Å²) in [6, 6.07) is 3.65. The molecule has 0 aliphatic rings. The Morgan fingerprint density at radius 2 is 2.00 bits per heavy atom. The van der Waals surface area contributed by atoms with Gasteiger partial charge in [-0.15, -0.1) is 5.75 Å².